The second-order valence-electron chi connectivity index (χ2n) is 6.17. The zero-order chi connectivity index (χ0) is 16.4. The van der Waals surface area contributed by atoms with Gasteiger partial charge in [-0.15, -0.1) is 0 Å². The molecule has 0 amide bonds. The Kier molecular flexibility index (Phi) is 4.41. The minimum atomic E-state index is -3.63. The fraction of sp³-hybridized carbons (Fsp3) is 0.333. The van der Waals surface area contributed by atoms with Crippen LogP contribution < -0.4 is 10.0 Å². The van der Waals surface area contributed by atoms with Crippen LogP contribution >= 0.6 is 0 Å². The van der Waals surface area contributed by atoms with Crippen molar-refractivity contribution in [3.8, 4) is 0 Å². The van der Waals surface area contributed by atoms with Crippen molar-refractivity contribution < 1.29 is 8.42 Å². The molecule has 2 aromatic carbocycles. The van der Waals surface area contributed by atoms with E-state index in [1.807, 2.05) is 12.1 Å². The average molecular weight is 330 g/mol. The van der Waals surface area contributed by atoms with Crippen LogP contribution in [0, 0.1) is 0 Å². The lowest BCUT2D eigenvalue weighted by Gasteiger charge is -2.25. The molecule has 122 valence electrons. The Hall–Kier alpha value is -1.85. The predicted molar refractivity (Wildman–Crippen MR) is 93.1 cm³/mol. The zero-order valence-corrected chi connectivity index (χ0v) is 14.1. The summed E-state index contributed by atoms with van der Waals surface area (Å²) in [6.45, 7) is 3.15. The summed E-state index contributed by atoms with van der Waals surface area (Å²) in [7, 11) is -3.63. The van der Waals surface area contributed by atoms with Crippen LogP contribution in [0.1, 0.15) is 24.5 Å². The highest BCUT2D eigenvalue weighted by Gasteiger charge is 2.26. The van der Waals surface area contributed by atoms with Crippen LogP contribution in [-0.2, 0) is 22.9 Å². The third-order valence-corrected chi connectivity index (χ3v) is 5.35. The molecule has 1 unspecified atom stereocenters. The number of aryl methyl sites for hydroxylation is 1. The van der Waals surface area contributed by atoms with Crippen molar-refractivity contribution in [1.29, 1.82) is 0 Å². The molecule has 1 heterocycles. The number of nitrogens with zero attached hydrogens (tertiary/aromatic N) is 1. The fourth-order valence-electron chi connectivity index (χ4n) is 3.29. The van der Waals surface area contributed by atoms with Gasteiger partial charge in [0, 0.05) is 18.3 Å². The maximum absolute atomic E-state index is 11.5. The van der Waals surface area contributed by atoms with E-state index in [1.54, 1.807) is 12.1 Å². The summed E-state index contributed by atoms with van der Waals surface area (Å²) in [6, 6.07) is 16.1. The van der Waals surface area contributed by atoms with Crippen LogP contribution in [0.4, 0.5) is 5.69 Å². The lowest BCUT2D eigenvalue weighted by atomic mass is 10.1. The van der Waals surface area contributed by atoms with Crippen molar-refractivity contribution in [2.75, 3.05) is 11.4 Å². The highest BCUT2D eigenvalue weighted by molar-refractivity contribution is 7.89. The molecule has 0 bridgehead atoms. The van der Waals surface area contributed by atoms with Gasteiger partial charge in [0.2, 0.25) is 10.0 Å². The fourth-order valence-corrected chi connectivity index (χ4v) is 3.85. The van der Waals surface area contributed by atoms with Crippen LogP contribution in [0.5, 0.6) is 0 Å². The lowest BCUT2D eigenvalue weighted by Crippen LogP contribution is -2.30. The maximum Gasteiger partial charge on any atom is 0.238 e. The van der Waals surface area contributed by atoms with Crippen LogP contribution in [0.15, 0.2) is 53.4 Å². The third kappa shape index (κ3) is 3.57. The summed E-state index contributed by atoms with van der Waals surface area (Å²) in [5, 5.41) is 5.22. The number of nitrogens with two attached hydrogens (primary N) is 1. The molecule has 0 saturated carbocycles. The minimum Gasteiger partial charge on any atom is -0.368 e. The number of rotatable bonds is 5. The van der Waals surface area contributed by atoms with Crippen LogP contribution in [-0.4, -0.2) is 21.0 Å². The van der Waals surface area contributed by atoms with Gasteiger partial charge >= 0.3 is 0 Å². The summed E-state index contributed by atoms with van der Waals surface area (Å²) in [5.41, 5.74) is 3.56. The van der Waals surface area contributed by atoms with E-state index in [0.717, 1.165) is 37.1 Å². The first-order valence-electron chi connectivity index (χ1n) is 7.91. The number of benzene rings is 2. The Morgan fingerprint density at radius 3 is 2.61 bits per heavy atom. The van der Waals surface area contributed by atoms with Crippen LogP contribution in [0.3, 0.4) is 0 Å². The van der Waals surface area contributed by atoms with Crippen molar-refractivity contribution in [2.24, 2.45) is 5.14 Å². The molecule has 1 aliphatic rings. The van der Waals surface area contributed by atoms with E-state index in [0.29, 0.717) is 6.04 Å². The molecule has 1 atom stereocenters. The molecule has 0 aromatic heterocycles. The lowest BCUT2D eigenvalue weighted by molar-refractivity contribution is 0.597. The van der Waals surface area contributed by atoms with Gasteiger partial charge in [-0.2, -0.15) is 0 Å². The number of anilines is 1. The molecule has 2 aromatic rings. The molecule has 1 aliphatic heterocycles. The standard InChI is InChI=1S/C18H22N2O2S/c1-14-12-16-13-17(23(19,21)22)9-10-18(16)20(14)11-5-8-15-6-3-2-4-7-15/h2-4,6-7,9-10,13-14H,5,8,11-12H2,1H3,(H2,19,21,22). The van der Waals surface area contributed by atoms with Crippen molar-refractivity contribution in [1.82, 2.24) is 0 Å². The maximum atomic E-state index is 11.5. The topological polar surface area (TPSA) is 63.4 Å². The number of primary sulfonamides is 1. The van der Waals surface area contributed by atoms with E-state index >= 15 is 0 Å². The molecule has 0 radical (unpaired) electrons. The molecule has 0 fully saturated rings. The third-order valence-electron chi connectivity index (χ3n) is 4.44. The molecule has 0 spiro atoms. The Morgan fingerprint density at radius 2 is 1.91 bits per heavy atom. The van der Waals surface area contributed by atoms with Crippen molar-refractivity contribution in [3.63, 3.8) is 0 Å². The monoisotopic (exact) mass is 330 g/mol. The van der Waals surface area contributed by atoms with Crippen LogP contribution in [0.2, 0.25) is 0 Å². The van der Waals surface area contributed by atoms with Gasteiger partial charge in [0.1, 0.15) is 0 Å². The van der Waals surface area contributed by atoms with E-state index in [-0.39, 0.29) is 4.90 Å². The summed E-state index contributed by atoms with van der Waals surface area (Å²) in [4.78, 5) is 2.57. The van der Waals surface area contributed by atoms with E-state index < -0.39 is 10.0 Å². The van der Waals surface area contributed by atoms with Gasteiger partial charge in [0.05, 0.1) is 4.90 Å². The molecule has 4 nitrogen and oxygen atoms in total. The highest BCUT2D eigenvalue weighted by atomic mass is 32.2. The Labute approximate surface area is 138 Å². The van der Waals surface area contributed by atoms with Crippen molar-refractivity contribution >= 4 is 15.7 Å². The van der Waals surface area contributed by atoms with Gasteiger partial charge in [-0.25, -0.2) is 13.6 Å². The molecule has 5 heteroatoms. The SMILES string of the molecule is CC1Cc2cc(S(N)(=O)=O)ccc2N1CCCc1ccccc1. The van der Waals surface area contributed by atoms with Gasteiger partial charge in [-0.05, 0) is 55.5 Å². The summed E-state index contributed by atoms with van der Waals surface area (Å²) >= 11 is 0. The van der Waals surface area contributed by atoms with Gasteiger partial charge in [0.25, 0.3) is 0 Å². The summed E-state index contributed by atoms with van der Waals surface area (Å²) in [5.74, 6) is 0. The Morgan fingerprint density at radius 1 is 1.17 bits per heavy atom. The molecule has 0 aliphatic carbocycles. The molecule has 3 rings (SSSR count). The quantitative estimate of drug-likeness (QED) is 0.917. The predicted octanol–water partition coefficient (Wildman–Crippen LogP) is 2.72. The molecular weight excluding hydrogens is 308 g/mol. The first-order valence-corrected chi connectivity index (χ1v) is 9.46. The largest absolute Gasteiger partial charge is 0.368 e. The highest BCUT2D eigenvalue weighted by Crippen LogP contribution is 2.33. The molecule has 2 N–H and O–H groups in total. The normalized spacial score (nSPS) is 17.3. The first-order chi connectivity index (χ1) is 10.9. The van der Waals surface area contributed by atoms with E-state index in [9.17, 15) is 8.42 Å². The van der Waals surface area contributed by atoms with E-state index in [4.69, 9.17) is 5.14 Å². The van der Waals surface area contributed by atoms with Gasteiger partial charge < -0.3 is 4.90 Å². The molecular formula is C18H22N2O2S. The van der Waals surface area contributed by atoms with Crippen molar-refractivity contribution in [2.45, 2.75) is 37.1 Å². The summed E-state index contributed by atoms with van der Waals surface area (Å²) < 4.78 is 23.0. The second-order valence-corrected chi connectivity index (χ2v) is 7.73. The Balaban J connectivity index is 1.71. The molecule has 0 saturated heterocycles. The first kappa shape index (κ1) is 16.0. The number of fused-ring (bicyclic) bond motifs is 1. The minimum absolute atomic E-state index is 0.203. The van der Waals surface area contributed by atoms with Gasteiger partial charge in [0.15, 0.2) is 0 Å². The van der Waals surface area contributed by atoms with Gasteiger partial charge in [-0.3, -0.25) is 0 Å². The van der Waals surface area contributed by atoms with E-state index in [1.165, 1.54) is 5.56 Å². The van der Waals surface area contributed by atoms with Crippen molar-refractivity contribution in [3.05, 3.63) is 59.7 Å². The smallest absolute Gasteiger partial charge is 0.238 e. The number of hydrogen-bond donors (Lipinski definition) is 1. The number of sulfonamides is 1. The van der Waals surface area contributed by atoms with Crippen LogP contribution in [0.25, 0.3) is 0 Å². The van der Waals surface area contributed by atoms with Gasteiger partial charge in [-0.1, -0.05) is 30.3 Å². The van der Waals surface area contributed by atoms with E-state index in [2.05, 4.69) is 36.1 Å². The zero-order valence-electron chi connectivity index (χ0n) is 13.3. The number of hydrogen-bond acceptors (Lipinski definition) is 3. The second kappa shape index (κ2) is 6.34. The summed E-state index contributed by atoms with van der Waals surface area (Å²) in [6.07, 6.45) is 2.99. The Bertz CT molecular complexity index is 788. The average Bonchev–Trinajstić information content (AvgIpc) is 2.83. The molecule has 23 heavy (non-hydrogen) atoms.